The molecule has 0 saturated heterocycles. The SMILES string of the molecule is COc1ccc2cc(C(Nc3ccc(C#N)cc3)OC(C)=O)ccc2c1. The van der Waals surface area contributed by atoms with Crippen molar-refractivity contribution in [2.45, 2.75) is 13.2 Å². The van der Waals surface area contributed by atoms with E-state index in [1.54, 1.807) is 31.4 Å². The van der Waals surface area contributed by atoms with Crippen molar-refractivity contribution >= 4 is 22.4 Å². The van der Waals surface area contributed by atoms with E-state index in [2.05, 4.69) is 11.4 Å². The largest absolute Gasteiger partial charge is 0.497 e. The standard InChI is InChI=1S/C21H18N2O3/c1-14(24)26-21(23-19-8-3-15(13-22)4-9-19)18-6-5-17-12-20(25-2)10-7-16(17)11-18/h3-12,21,23H,1-2H3. The molecule has 0 aliphatic heterocycles. The molecule has 0 bridgehead atoms. The Bertz CT molecular complexity index is 975. The minimum atomic E-state index is -0.632. The van der Waals surface area contributed by atoms with E-state index in [1.165, 1.54) is 6.92 Å². The fraction of sp³-hybridized carbons (Fsp3) is 0.143. The molecule has 0 aromatic heterocycles. The number of rotatable bonds is 5. The van der Waals surface area contributed by atoms with Crippen LogP contribution in [0, 0.1) is 11.3 Å². The van der Waals surface area contributed by atoms with E-state index in [0.29, 0.717) is 5.56 Å². The third-order valence-corrected chi connectivity index (χ3v) is 3.97. The van der Waals surface area contributed by atoms with Gasteiger partial charge in [-0.05, 0) is 53.2 Å². The van der Waals surface area contributed by atoms with Gasteiger partial charge in [0.1, 0.15) is 5.75 Å². The first kappa shape index (κ1) is 17.3. The lowest BCUT2D eigenvalue weighted by molar-refractivity contribution is -0.145. The number of carbonyl (C=O) groups is 1. The maximum absolute atomic E-state index is 11.5. The molecule has 3 aromatic carbocycles. The number of nitriles is 1. The number of hydrogen-bond acceptors (Lipinski definition) is 5. The Morgan fingerprint density at radius 3 is 2.38 bits per heavy atom. The first-order valence-electron chi connectivity index (χ1n) is 8.10. The van der Waals surface area contributed by atoms with Gasteiger partial charge in [0, 0.05) is 18.2 Å². The van der Waals surface area contributed by atoms with E-state index in [9.17, 15) is 4.79 Å². The number of carbonyl (C=O) groups excluding carboxylic acids is 1. The molecule has 1 N–H and O–H groups in total. The maximum Gasteiger partial charge on any atom is 0.304 e. The summed E-state index contributed by atoms with van der Waals surface area (Å²) in [6.45, 7) is 1.37. The van der Waals surface area contributed by atoms with Crippen LogP contribution in [0.5, 0.6) is 5.75 Å². The Kier molecular flexibility index (Phi) is 5.04. The minimum absolute atomic E-state index is 0.383. The second kappa shape index (κ2) is 7.58. The number of fused-ring (bicyclic) bond motifs is 1. The van der Waals surface area contributed by atoms with Gasteiger partial charge in [-0.3, -0.25) is 4.79 Å². The highest BCUT2D eigenvalue weighted by Gasteiger charge is 2.15. The number of methoxy groups -OCH3 is 1. The number of anilines is 1. The van der Waals surface area contributed by atoms with Crippen molar-refractivity contribution in [2.75, 3.05) is 12.4 Å². The van der Waals surface area contributed by atoms with E-state index in [4.69, 9.17) is 14.7 Å². The Balaban J connectivity index is 1.92. The first-order valence-corrected chi connectivity index (χ1v) is 8.10. The van der Waals surface area contributed by atoms with Crippen molar-refractivity contribution in [3.63, 3.8) is 0 Å². The second-order valence-corrected chi connectivity index (χ2v) is 5.80. The molecule has 1 unspecified atom stereocenters. The average Bonchev–Trinajstić information content (AvgIpc) is 2.67. The summed E-state index contributed by atoms with van der Waals surface area (Å²) < 4.78 is 10.7. The zero-order valence-electron chi connectivity index (χ0n) is 14.5. The van der Waals surface area contributed by atoms with Crippen LogP contribution in [0.2, 0.25) is 0 Å². The molecule has 3 aromatic rings. The molecule has 0 radical (unpaired) electrons. The van der Waals surface area contributed by atoms with E-state index in [1.807, 2.05) is 36.4 Å². The zero-order chi connectivity index (χ0) is 18.5. The van der Waals surface area contributed by atoms with Gasteiger partial charge >= 0.3 is 5.97 Å². The summed E-state index contributed by atoms with van der Waals surface area (Å²) >= 11 is 0. The Hall–Kier alpha value is -3.52. The zero-order valence-corrected chi connectivity index (χ0v) is 14.5. The number of benzene rings is 3. The van der Waals surface area contributed by atoms with Crippen LogP contribution in [0.15, 0.2) is 60.7 Å². The number of esters is 1. The predicted molar refractivity (Wildman–Crippen MR) is 99.8 cm³/mol. The maximum atomic E-state index is 11.5. The molecular formula is C21H18N2O3. The summed E-state index contributed by atoms with van der Waals surface area (Å²) in [5.41, 5.74) is 2.14. The second-order valence-electron chi connectivity index (χ2n) is 5.80. The highest BCUT2D eigenvalue weighted by atomic mass is 16.6. The van der Waals surface area contributed by atoms with E-state index in [0.717, 1.165) is 27.8 Å². The van der Waals surface area contributed by atoms with Crippen LogP contribution in [-0.4, -0.2) is 13.1 Å². The summed E-state index contributed by atoms with van der Waals surface area (Å²) in [5.74, 6) is 0.406. The van der Waals surface area contributed by atoms with Crippen molar-refractivity contribution in [2.24, 2.45) is 0 Å². The molecule has 3 rings (SSSR count). The molecule has 1 atom stereocenters. The van der Waals surface area contributed by atoms with E-state index < -0.39 is 6.23 Å². The molecule has 0 spiro atoms. The van der Waals surface area contributed by atoms with Crippen molar-refractivity contribution in [1.82, 2.24) is 0 Å². The molecule has 0 aliphatic carbocycles. The van der Waals surface area contributed by atoms with Crippen molar-refractivity contribution in [3.05, 3.63) is 71.8 Å². The molecule has 0 saturated carbocycles. The fourth-order valence-electron chi connectivity index (χ4n) is 2.67. The quantitative estimate of drug-likeness (QED) is 0.548. The van der Waals surface area contributed by atoms with Crippen LogP contribution in [-0.2, 0) is 9.53 Å². The molecule has 5 nitrogen and oxygen atoms in total. The van der Waals surface area contributed by atoms with Gasteiger partial charge in [0.2, 0.25) is 0 Å². The predicted octanol–water partition coefficient (Wildman–Crippen LogP) is 4.39. The molecule has 0 fully saturated rings. The van der Waals surface area contributed by atoms with Gasteiger partial charge in [0.25, 0.3) is 0 Å². The third kappa shape index (κ3) is 3.93. The number of nitrogens with one attached hydrogen (secondary N) is 1. The number of hydrogen-bond donors (Lipinski definition) is 1. The molecule has 130 valence electrons. The van der Waals surface area contributed by atoms with Crippen molar-refractivity contribution in [1.29, 1.82) is 5.26 Å². The Morgan fingerprint density at radius 2 is 1.73 bits per heavy atom. The number of nitrogens with zero attached hydrogens (tertiary/aromatic N) is 1. The summed E-state index contributed by atoms with van der Waals surface area (Å²) in [6, 6.07) is 20.7. The fourth-order valence-corrected chi connectivity index (χ4v) is 2.67. The van der Waals surface area contributed by atoms with Gasteiger partial charge < -0.3 is 14.8 Å². The molecule has 26 heavy (non-hydrogen) atoms. The monoisotopic (exact) mass is 346 g/mol. The number of ether oxygens (including phenoxy) is 2. The Labute approximate surface area is 151 Å². The van der Waals surface area contributed by atoms with Crippen molar-refractivity contribution in [3.8, 4) is 11.8 Å². The highest BCUT2D eigenvalue weighted by Crippen LogP contribution is 2.27. The van der Waals surface area contributed by atoms with E-state index in [-0.39, 0.29) is 5.97 Å². The van der Waals surface area contributed by atoms with Crippen LogP contribution in [0.25, 0.3) is 10.8 Å². The van der Waals surface area contributed by atoms with Gasteiger partial charge in [0.15, 0.2) is 6.23 Å². The van der Waals surface area contributed by atoms with E-state index >= 15 is 0 Å². The summed E-state index contributed by atoms with van der Waals surface area (Å²) in [5, 5.41) is 14.1. The molecule has 5 heteroatoms. The first-order chi connectivity index (χ1) is 12.6. The minimum Gasteiger partial charge on any atom is -0.497 e. The topological polar surface area (TPSA) is 71.3 Å². The molecule has 0 aliphatic rings. The smallest absolute Gasteiger partial charge is 0.304 e. The highest BCUT2D eigenvalue weighted by molar-refractivity contribution is 5.84. The third-order valence-electron chi connectivity index (χ3n) is 3.97. The lowest BCUT2D eigenvalue weighted by Gasteiger charge is -2.20. The van der Waals surface area contributed by atoms with Gasteiger partial charge in [0.05, 0.1) is 18.7 Å². The summed E-state index contributed by atoms with van der Waals surface area (Å²) in [7, 11) is 1.63. The average molecular weight is 346 g/mol. The lowest BCUT2D eigenvalue weighted by Crippen LogP contribution is -2.17. The van der Waals surface area contributed by atoms with Gasteiger partial charge in [-0.1, -0.05) is 18.2 Å². The molecular weight excluding hydrogens is 328 g/mol. The van der Waals surface area contributed by atoms with Crippen LogP contribution in [0.1, 0.15) is 24.3 Å². The summed E-state index contributed by atoms with van der Waals surface area (Å²) in [4.78, 5) is 11.5. The van der Waals surface area contributed by atoms with Crippen LogP contribution in [0.4, 0.5) is 5.69 Å². The van der Waals surface area contributed by atoms with Crippen LogP contribution in [0.3, 0.4) is 0 Å². The van der Waals surface area contributed by atoms with Gasteiger partial charge in [-0.25, -0.2) is 0 Å². The molecule has 0 heterocycles. The molecule has 0 amide bonds. The van der Waals surface area contributed by atoms with Crippen LogP contribution >= 0.6 is 0 Å². The lowest BCUT2D eigenvalue weighted by atomic mass is 10.1. The van der Waals surface area contributed by atoms with Crippen LogP contribution < -0.4 is 10.1 Å². The van der Waals surface area contributed by atoms with Gasteiger partial charge in [-0.15, -0.1) is 0 Å². The Morgan fingerprint density at radius 1 is 1.04 bits per heavy atom. The van der Waals surface area contributed by atoms with Gasteiger partial charge in [-0.2, -0.15) is 5.26 Å². The summed E-state index contributed by atoms with van der Waals surface area (Å²) in [6.07, 6.45) is -0.632. The van der Waals surface area contributed by atoms with Crippen molar-refractivity contribution < 1.29 is 14.3 Å². The normalized spacial score (nSPS) is 11.4.